The summed E-state index contributed by atoms with van der Waals surface area (Å²) in [4.78, 5) is 2.51. The molecular formula is C47H41N3+2. The molecule has 0 bridgehead atoms. The van der Waals surface area contributed by atoms with Gasteiger partial charge in [-0.25, -0.2) is 4.57 Å². The minimum Gasteiger partial charge on any atom is -0.310 e. The van der Waals surface area contributed by atoms with Gasteiger partial charge in [0.1, 0.15) is 7.05 Å². The molecule has 0 atom stereocenters. The molecule has 0 N–H and O–H groups in total. The number of anilines is 3. The van der Waals surface area contributed by atoms with Crippen molar-refractivity contribution in [1.29, 1.82) is 0 Å². The van der Waals surface area contributed by atoms with Gasteiger partial charge in [-0.2, -0.15) is 4.57 Å². The van der Waals surface area contributed by atoms with Crippen LogP contribution in [-0.2, 0) is 24.4 Å². The van der Waals surface area contributed by atoms with Crippen molar-refractivity contribution in [2.24, 2.45) is 7.05 Å². The van der Waals surface area contributed by atoms with E-state index < -0.39 is 0 Å². The van der Waals surface area contributed by atoms with E-state index in [4.69, 9.17) is 6.58 Å². The van der Waals surface area contributed by atoms with Gasteiger partial charge in [0, 0.05) is 45.5 Å². The highest BCUT2D eigenvalue weighted by Crippen LogP contribution is 2.56. The van der Waals surface area contributed by atoms with Crippen LogP contribution in [0.1, 0.15) is 61.1 Å². The molecule has 3 heterocycles. The van der Waals surface area contributed by atoms with Crippen molar-refractivity contribution in [3.05, 3.63) is 155 Å². The Hall–Kier alpha value is -5.54. The standard InChI is InChI=1S/C47H41N3/c1-28-27-49-26-24-31-14-12-18-34-42(31)45(49)43-36(47(34,5)6)20-22-38(39(28)43)50(32-15-9-8-10-16-32)37-21-19-35-40(29(37)2)44-41-30(23-25-48(44)7)13-11-17-33(41)46(35,3)4/h8-26H,1,27H2,2-7H3/q+2. The number of rotatable bonds is 3. The lowest BCUT2D eigenvalue weighted by atomic mass is 9.67. The second kappa shape index (κ2) is 9.79. The van der Waals surface area contributed by atoms with Gasteiger partial charge < -0.3 is 4.90 Å². The fourth-order valence-corrected chi connectivity index (χ4v) is 9.75. The van der Waals surface area contributed by atoms with Crippen molar-refractivity contribution < 1.29 is 9.13 Å². The summed E-state index contributed by atoms with van der Waals surface area (Å²) in [5.74, 6) is 0. The van der Waals surface area contributed by atoms with E-state index in [-0.39, 0.29) is 10.8 Å². The van der Waals surface area contributed by atoms with Crippen LogP contribution in [0.3, 0.4) is 0 Å². The highest BCUT2D eigenvalue weighted by atomic mass is 15.2. The first kappa shape index (κ1) is 29.4. The van der Waals surface area contributed by atoms with Gasteiger partial charge in [-0.3, -0.25) is 0 Å². The van der Waals surface area contributed by atoms with E-state index in [0.29, 0.717) is 0 Å². The lowest BCUT2D eigenvalue weighted by Gasteiger charge is -2.39. The van der Waals surface area contributed by atoms with E-state index in [9.17, 15) is 0 Å². The Bertz CT molecular complexity index is 2660. The summed E-state index contributed by atoms with van der Waals surface area (Å²) >= 11 is 0. The predicted octanol–water partition coefficient (Wildman–Crippen LogP) is 10.5. The van der Waals surface area contributed by atoms with Crippen molar-refractivity contribution in [3.8, 4) is 22.5 Å². The Morgan fingerprint density at radius 1 is 0.580 bits per heavy atom. The number of hydrogen-bond donors (Lipinski definition) is 0. The Balaban J connectivity index is 1.30. The van der Waals surface area contributed by atoms with E-state index in [1.807, 2.05) is 0 Å². The average molecular weight is 648 g/mol. The van der Waals surface area contributed by atoms with E-state index in [1.165, 1.54) is 88.8 Å². The molecule has 0 unspecified atom stereocenters. The molecule has 0 fully saturated rings. The molecule has 3 nitrogen and oxygen atoms in total. The summed E-state index contributed by atoms with van der Waals surface area (Å²) in [5.41, 5.74) is 17.7. The van der Waals surface area contributed by atoms with E-state index >= 15 is 0 Å². The number of aryl methyl sites for hydroxylation is 1. The molecule has 2 aliphatic carbocycles. The van der Waals surface area contributed by atoms with E-state index in [0.717, 1.165) is 17.8 Å². The van der Waals surface area contributed by atoms with E-state index in [2.05, 4.69) is 171 Å². The Labute approximate surface area is 294 Å². The zero-order valence-electron chi connectivity index (χ0n) is 29.7. The largest absolute Gasteiger partial charge is 0.310 e. The molecule has 0 spiro atoms. The molecule has 10 rings (SSSR count). The highest BCUT2D eigenvalue weighted by Gasteiger charge is 2.44. The quantitative estimate of drug-likeness (QED) is 0.174. The number of aromatic nitrogens is 2. The lowest BCUT2D eigenvalue weighted by molar-refractivity contribution is -0.673. The number of fused-ring (bicyclic) bond motifs is 2. The number of hydrogen-bond acceptors (Lipinski definition) is 1. The average Bonchev–Trinajstić information content (AvgIpc) is 3.11. The zero-order valence-corrected chi connectivity index (χ0v) is 29.7. The molecular weight excluding hydrogens is 607 g/mol. The van der Waals surface area contributed by atoms with Gasteiger partial charge in [-0.05, 0) is 69.8 Å². The van der Waals surface area contributed by atoms with Crippen LogP contribution in [0, 0.1) is 6.92 Å². The third-order valence-corrected chi connectivity index (χ3v) is 12.2. The maximum atomic E-state index is 4.80. The summed E-state index contributed by atoms with van der Waals surface area (Å²) in [6.07, 6.45) is 4.48. The Kier molecular flexibility index (Phi) is 5.75. The van der Waals surface area contributed by atoms with Gasteiger partial charge >= 0.3 is 0 Å². The third kappa shape index (κ3) is 3.60. The van der Waals surface area contributed by atoms with Crippen LogP contribution >= 0.6 is 0 Å². The highest BCUT2D eigenvalue weighted by molar-refractivity contribution is 6.07. The first-order valence-electron chi connectivity index (χ1n) is 17.8. The monoisotopic (exact) mass is 647 g/mol. The summed E-state index contributed by atoms with van der Waals surface area (Å²) in [6, 6.07) is 38.6. The number of allylic oxidation sites excluding steroid dienone is 1. The maximum Gasteiger partial charge on any atom is 0.222 e. The summed E-state index contributed by atoms with van der Waals surface area (Å²) < 4.78 is 4.75. The SMILES string of the molecule is C=C1C[n+]2ccc3cccc4c3c2-c2c(ccc(N(c3ccccc3)c3ccc5c(c3C)-c3c6c(cccc6cc[n+]3C)C5(C)C)c21)C4(C)C. The summed E-state index contributed by atoms with van der Waals surface area (Å²) in [6.45, 7) is 17.4. The van der Waals surface area contributed by atoms with Gasteiger partial charge in [0.15, 0.2) is 18.9 Å². The fraction of sp³-hybridized carbons (Fsp3) is 0.191. The minimum atomic E-state index is -0.155. The van der Waals surface area contributed by atoms with E-state index in [1.54, 1.807) is 0 Å². The van der Waals surface area contributed by atoms with Crippen LogP contribution < -0.4 is 14.0 Å². The first-order chi connectivity index (χ1) is 24.1. The van der Waals surface area contributed by atoms with Gasteiger partial charge in [0.25, 0.3) is 0 Å². The smallest absolute Gasteiger partial charge is 0.222 e. The molecule has 1 aliphatic heterocycles. The Morgan fingerprint density at radius 3 is 1.86 bits per heavy atom. The molecule has 242 valence electrons. The minimum absolute atomic E-state index is 0.144. The molecule has 7 aromatic rings. The number of nitrogens with zero attached hydrogens (tertiary/aromatic N) is 3. The van der Waals surface area contributed by atoms with Crippen molar-refractivity contribution in [3.63, 3.8) is 0 Å². The number of para-hydroxylation sites is 1. The second-order valence-corrected chi connectivity index (χ2v) is 15.6. The molecule has 50 heavy (non-hydrogen) atoms. The summed E-state index contributed by atoms with van der Waals surface area (Å²) in [7, 11) is 2.20. The normalized spacial score (nSPS) is 15.7. The molecule has 2 aromatic heterocycles. The van der Waals surface area contributed by atoms with Crippen LogP contribution in [0.15, 0.2) is 122 Å². The molecule has 5 aromatic carbocycles. The summed E-state index contributed by atoms with van der Waals surface area (Å²) in [5, 5.41) is 5.32. The molecule has 3 aliphatic rings. The Morgan fingerprint density at radius 2 is 1.18 bits per heavy atom. The van der Waals surface area contributed by atoms with Crippen molar-refractivity contribution in [1.82, 2.24) is 0 Å². The molecule has 0 saturated carbocycles. The van der Waals surface area contributed by atoms with Crippen LogP contribution in [0.4, 0.5) is 17.1 Å². The van der Waals surface area contributed by atoms with Crippen LogP contribution in [0.5, 0.6) is 0 Å². The zero-order chi connectivity index (χ0) is 34.3. The molecule has 0 radical (unpaired) electrons. The lowest BCUT2D eigenvalue weighted by Crippen LogP contribution is -2.42. The third-order valence-electron chi connectivity index (χ3n) is 12.2. The predicted molar refractivity (Wildman–Crippen MR) is 206 cm³/mol. The van der Waals surface area contributed by atoms with Gasteiger partial charge in [0.05, 0.1) is 27.6 Å². The molecule has 0 saturated heterocycles. The van der Waals surface area contributed by atoms with Crippen LogP contribution in [0.25, 0.3) is 49.6 Å². The van der Waals surface area contributed by atoms with Crippen molar-refractivity contribution in [2.75, 3.05) is 4.90 Å². The topological polar surface area (TPSA) is 11.0 Å². The molecule has 3 heteroatoms. The van der Waals surface area contributed by atoms with Crippen molar-refractivity contribution >= 4 is 44.2 Å². The first-order valence-corrected chi connectivity index (χ1v) is 17.8. The van der Waals surface area contributed by atoms with Crippen LogP contribution in [-0.4, -0.2) is 0 Å². The fourth-order valence-electron chi connectivity index (χ4n) is 9.75. The maximum absolute atomic E-state index is 4.80. The van der Waals surface area contributed by atoms with Gasteiger partial charge in [-0.1, -0.05) is 101 Å². The molecule has 0 amide bonds. The van der Waals surface area contributed by atoms with Crippen molar-refractivity contribution in [2.45, 2.75) is 52.0 Å². The van der Waals surface area contributed by atoms with Gasteiger partial charge in [0.2, 0.25) is 11.4 Å². The second-order valence-electron chi connectivity index (χ2n) is 15.6. The van der Waals surface area contributed by atoms with Crippen LogP contribution in [0.2, 0.25) is 0 Å². The van der Waals surface area contributed by atoms with Gasteiger partial charge in [-0.15, -0.1) is 0 Å². The number of pyridine rings is 2. The number of benzene rings is 5.